The fourth-order valence-corrected chi connectivity index (χ4v) is 4.88. The van der Waals surface area contributed by atoms with E-state index < -0.39 is 17.1 Å². The van der Waals surface area contributed by atoms with Crippen LogP contribution in [0.3, 0.4) is 0 Å². The zero-order valence-corrected chi connectivity index (χ0v) is 15.8. The third-order valence-electron chi connectivity index (χ3n) is 5.07. The lowest BCUT2D eigenvalue weighted by Crippen LogP contribution is -2.32. The fourth-order valence-electron chi connectivity index (χ4n) is 3.35. The number of carbonyl (C=O) groups is 1. The van der Waals surface area contributed by atoms with Gasteiger partial charge in [-0.2, -0.15) is 0 Å². The minimum Gasteiger partial charge on any atom is -0.465 e. The molecule has 1 aliphatic heterocycles. The number of benzene rings is 2. The van der Waals surface area contributed by atoms with Crippen LogP contribution in [0, 0.1) is 5.92 Å². The third-order valence-corrected chi connectivity index (χ3v) is 6.94. The van der Waals surface area contributed by atoms with Crippen molar-refractivity contribution >= 4 is 28.4 Å². The number of amides is 1. The molecule has 27 heavy (non-hydrogen) atoms. The standard InChI is InChI=1S/C19H23N3O4S/c1-21-18-10-16(15-4-2-3-14(9-15)11-20-19(23)24)7-8-17(18)22(27(21,25)26)12-13-5-6-13/h2-4,7-10,13,20,25-26H,5-6,11-12H2,1H3,(H,23,24). The zero-order valence-electron chi connectivity index (χ0n) is 15.0. The molecule has 0 unspecified atom stereocenters. The lowest BCUT2D eigenvalue weighted by Gasteiger charge is -2.42. The van der Waals surface area contributed by atoms with Gasteiger partial charge in [0.2, 0.25) is 0 Å². The van der Waals surface area contributed by atoms with Crippen LogP contribution in [0.4, 0.5) is 16.2 Å². The molecule has 1 amide bonds. The van der Waals surface area contributed by atoms with Crippen molar-refractivity contribution in [2.24, 2.45) is 5.92 Å². The summed E-state index contributed by atoms with van der Waals surface area (Å²) in [5.41, 5.74) is 4.40. The highest BCUT2D eigenvalue weighted by molar-refractivity contribution is 8.26. The predicted molar refractivity (Wildman–Crippen MR) is 108 cm³/mol. The van der Waals surface area contributed by atoms with Crippen molar-refractivity contribution in [3.8, 4) is 11.1 Å². The van der Waals surface area contributed by atoms with Gasteiger partial charge in [0.05, 0.1) is 11.4 Å². The number of carboxylic acid groups (broad SMARTS) is 1. The maximum Gasteiger partial charge on any atom is 0.404 e. The number of hydrogen-bond acceptors (Lipinski definition) is 5. The molecule has 0 aromatic heterocycles. The highest BCUT2D eigenvalue weighted by atomic mass is 32.3. The van der Waals surface area contributed by atoms with Crippen LogP contribution in [0.15, 0.2) is 42.5 Å². The molecule has 4 N–H and O–H groups in total. The molecule has 1 saturated carbocycles. The Bertz CT molecular complexity index is 885. The summed E-state index contributed by atoms with van der Waals surface area (Å²) in [5.74, 6) is 0.536. The molecule has 0 spiro atoms. The molecule has 144 valence electrons. The van der Waals surface area contributed by atoms with Gasteiger partial charge < -0.3 is 10.4 Å². The van der Waals surface area contributed by atoms with Crippen molar-refractivity contribution in [3.63, 3.8) is 0 Å². The third kappa shape index (κ3) is 3.43. The predicted octanol–water partition coefficient (Wildman–Crippen LogP) is 4.37. The van der Waals surface area contributed by atoms with Crippen molar-refractivity contribution in [3.05, 3.63) is 48.0 Å². The van der Waals surface area contributed by atoms with Crippen LogP contribution in [-0.2, 0) is 6.54 Å². The van der Waals surface area contributed by atoms with Crippen LogP contribution in [0.25, 0.3) is 11.1 Å². The first kappa shape index (κ1) is 18.0. The Labute approximate surface area is 159 Å². The van der Waals surface area contributed by atoms with Gasteiger partial charge >= 0.3 is 6.09 Å². The highest BCUT2D eigenvalue weighted by Gasteiger charge is 2.41. The van der Waals surface area contributed by atoms with E-state index in [1.54, 1.807) is 15.7 Å². The molecule has 7 nitrogen and oxygen atoms in total. The van der Waals surface area contributed by atoms with E-state index in [-0.39, 0.29) is 6.54 Å². The van der Waals surface area contributed by atoms with Gasteiger partial charge in [-0.05, 0) is 64.6 Å². The van der Waals surface area contributed by atoms with Crippen LogP contribution in [0.1, 0.15) is 18.4 Å². The van der Waals surface area contributed by atoms with Crippen LogP contribution >= 0.6 is 11.0 Å². The Kier molecular flexibility index (Phi) is 4.41. The summed E-state index contributed by atoms with van der Waals surface area (Å²) < 4.78 is 24.6. The van der Waals surface area contributed by atoms with Crippen molar-refractivity contribution in [2.75, 3.05) is 22.2 Å². The number of nitrogens with one attached hydrogen (secondary N) is 1. The van der Waals surface area contributed by atoms with Crippen LogP contribution < -0.4 is 13.9 Å². The Balaban J connectivity index is 1.65. The number of rotatable bonds is 5. The Morgan fingerprint density at radius 3 is 2.59 bits per heavy atom. The molecule has 2 aromatic carbocycles. The topological polar surface area (TPSA) is 96.3 Å². The van der Waals surface area contributed by atoms with E-state index in [1.165, 1.54) is 0 Å². The molecule has 2 aliphatic rings. The monoisotopic (exact) mass is 389 g/mol. The summed E-state index contributed by atoms with van der Waals surface area (Å²) in [7, 11) is -1.31. The van der Waals surface area contributed by atoms with Gasteiger partial charge in [0.15, 0.2) is 0 Å². The molecule has 1 aliphatic carbocycles. The lowest BCUT2D eigenvalue weighted by atomic mass is 10.0. The van der Waals surface area contributed by atoms with Gasteiger partial charge in [-0.15, -0.1) is 0 Å². The molecule has 2 aromatic rings. The Morgan fingerprint density at radius 1 is 1.15 bits per heavy atom. The average Bonchev–Trinajstić information content (AvgIpc) is 3.45. The highest BCUT2D eigenvalue weighted by Crippen LogP contribution is 2.61. The van der Waals surface area contributed by atoms with E-state index >= 15 is 0 Å². The number of hydrogen-bond donors (Lipinski definition) is 4. The van der Waals surface area contributed by atoms with Crippen molar-refractivity contribution in [2.45, 2.75) is 19.4 Å². The molecule has 1 heterocycles. The van der Waals surface area contributed by atoms with Gasteiger partial charge in [0, 0.05) is 20.1 Å². The second-order valence-corrected chi connectivity index (χ2v) is 9.02. The second kappa shape index (κ2) is 6.63. The first-order valence-corrected chi connectivity index (χ1v) is 10.3. The smallest absolute Gasteiger partial charge is 0.404 e. The molecule has 1 fully saturated rings. The summed E-state index contributed by atoms with van der Waals surface area (Å²) in [6, 6.07) is 13.5. The van der Waals surface area contributed by atoms with Gasteiger partial charge in [-0.3, -0.25) is 17.7 Å². The maximum absolute atomic E-state index is 10.7. The van der Waals surface area contributed by atoms with Gasteiger partial charge in [0.25, 0.3) is 0 Å². The lowest BCUT2D eigenvalue weighted by molar-refractivity contribution is 0.194. The number of nitrogens with zero attached hydrogens (tertiary/aromatic N) is 2. The van der Waals surface area contributed by atoms with Crippen LogP contribution in [-0.4, -0.2) is 33.9 Å². The molecule has 0 atom stereocenters. The van der Waals surface area contributed by atoms with E-state index in [4.69, 9.17) is 5.11 Å². The molecule has 4 rings (SSSR count). The second-order valence-electron chi connectivity index (χ2n) is 7.05. The number of fused-ring (bicyclic) bond motifs is 1. The van der Waals surface area contributed by atoms with E-state index in [0.29, 0.717) is 12.5 Å². The summed E-state index contributed by atoms with van der Waals surface area (Å²) in [5, 5.41) is 11.1. The molecule has 0 radical (unpaired) electrons. The van der Waals surface area contributed by atoms with E-state index in [9.17, 15) is 13.9 Å². The van der Waals surface area contributed by atoms with E-state index in [2.05, 4.69) is 5.32 Å². The molecule has 0 bridgehead atoms. The molecular formula is C19H23N3O4S. The Hall–Kier alpha value is -2.42. The van der Waals surface area contributed by atoms with Gasteiger partial charge in [-0.1, -0.05) is 24.3 Å². The maximum atomic E-state index is 10.7. The minimum atomic E-state index is -3.01. The van der Waals surface area contributed by atoms with Gasteiger partial charge in [0.1, 0.15) is 0 Å². The summed E-state index contributed by atoms with van der Waals surface area (Å²) >= 11 is 0. The molecule has 0 saturated heterocycles. The quantitative estimate of drug-likeness (QED) is 0.606. The Morgan fingerprint density at radius 2 is 1.89 bits per heavy atom. The minimum absolute atomic E-state index is 0.240. The largest absolute Gasteiger partial charge is 0.465 e. The zero-order chi connectivity index (χ0) is 19.2. The summed E-state index contributed by atoms with van der Waals surface area (Å²) in [4.78, 5) is 10.7. The average molecular weight is 389 g/mol. The SMILES string of the molecule is CN1c2cc(-c3cccc(CNC(=O)O)c3)ccc2N(CC2CC2)S1(O)O. The number of anilines is 2. The summed E-state index contributed by atoms with van der Waals surface area (Å²) in [6.45, 7) is 0.902. The fraction of sp³-hybridized carbons (Fsp3) is 0.316. The summed E-state index contributed by atoms with van der Waals surface area (Å²) in [6.07, 6.45) is 1.22. The normalized spacial score (nSPS) is 18.9. The van der Waals surface area contributed by atoms with E-state index in [0.717, 1.165) is 40.9 Å². The molecular weight excluding hydrogens is 366 g/mol. The molecule has 8 heteroatoms. The van der Waals surface area contributed by atoms with E-state index in [1.807, 2.05) is 42.5 Å². The first-order chi connectivity index (χ1) is 12.9. The van der Waals surface area contributed by atoms with Crippen LogP contribution in [0.2, 0.25) is 0 Å². The van der Waals surface area contributed by atoms with Crippen LogP contribution in [0.5, 0.6) is 0 Å². The van der Waals surface area contributed by atoms with Crippen molar-refractivity contribution in [1.82, 2.24) is 5.32 Å². The van der Waals surface area contributed by atoms with Gasteiger partial charge in [-0.25, -0.2) is 4.79 Å². The van der Waals surface area contributed by atoms with Crippen molar-refractivity contribution in [1.29, 1.82) is 0 Å². The first-order valence-electron chi connectivity index (χ1n) is 8.86. The van der Waals surface area contributed by atoms with Crippen molar-refractivity contribution < 1.29 is 19.0 Å².